The molecular weight excluding hydrogens is 433 g/mol. The number of pyridine rings is 2. The Hall–Kier alpha value is -0.790. The Morgan fingerprint density at radius 1 is 1.00 bits per heavy atom. The van der Waals surface area contributed by atoms with Crippen LogP contribution in [0.1, 0.15) is 11.1 Å². The Kier molecular flexibility index (Phi) is 6.96. The highest BCUT2D eigenvalue weighted by Crippen LogP contribution is 2.27. The molecule has 0 atom stereocenters. The van der Waals surface area contributed by atoms with E-state index in [-0.39, 0.29) is 11.6 Å². The van der Waals surface area contributed by atoms with Crippen molar-refractivity contribution in [3.05, 3.63) is 49.3 Å². The Balaban J connectivity index is 0.000000211. The summed E-state index contributed by atoms with van der Waals surface area (Å²) >= 11 is 11.8. The number of rotatable bonds is 1. The van der Waals surface area contributed by atoms with Gasteiger partial charge in [-0.2, -0.15) is 0 Å². The maximum atomic E-state index is 12.7. The molecule has 0 aliphatic heterocycles. The highest BCUT2D eigenvalue weighted by Gasteiger charge is 2.08. The number of halogens is 5. The molecule has 0 radical (unpaired) electrons. The highest BCUT2D eigenvalue weighted by atomic mass is 79.9. The molecule has 0 amide bonds. The second-order valence-corrected chi connectivity index (χ2v) is 5.83. The first-order chi connectivity index (χ1) is 9.79. The number of methoxy groups -OCH3 is 1. The molecule has 0 aliphatic rings. The van der Waals surface area contributed by atoms with Crippen LogP contribution in [-0.2, 0) is 0 Å². The van der Waals surface area contributed by atoms with Gasteiger partial charge in [0.25, 0.3) is 0 Å². The quantitative estimate of drug-likeness (QED) is 0.564. The van der Waals surface area contributed by atoms with Crippen molar-refractivity contribution in [2.45, 2.75) is 13.8 Å². The molecule has 0 unspecified atom stereocenters. The minimum atomic E-state index is -0.351. The summed E-state index contributed by atoms with van der Waals surface area (Å²) in [6, 6.07) is 0. The standard InChI is InChI=1S/C7H7BrFNO.C6H4BrClFN/c1-4-5(9)3-10-7(11-2)6(4)8;1-3-4(9)2-10-6(8)5(3)7/h3H,1-2H3;2H,1H3. The average Bonchev–Trinajstić information content (AvgIpc) is 2.48. The molecule has 0 aliphatic carbocycles. The molecule has 0 N–H and O–H groups in total. The van der Waals surface area contributed by atoms with Crippen LogP contribution in [0, 0.1) is 25.5 Å². The number of ether oxygens (including phenoxy) is 1. The van der Waals surface area contributed by atoms with E-state index in [2.05, 4.69) is 41.8 Å². The molecule has 0 bridgehead atoms. The van der Waals surface area contributed by atoms with E-state index in [9.17, 15) is 8.78 Å². The fourth-order valence-electron chi connectivity index (χ4n) is 1.20. The van der Waals surface area contributed by atoms with E-state index >= 15 is 0 Å². The fourth-order valence-corrected chi connectivity index (χ4v) is 2.14. The van der Waals surface area contributed by atoms with Gasteiger partial charge >= 0.3 is 0 Å². The van der Waals surface area contributed by atoms with Crippen molar-refractivity contribution in [1.29, 1.82) is 0 Å². The third kappa shape index (κ3) is 4.59. The van der Waals surface area contributed by atoms with Crippen LogP contribution >= 0.6 is 43.5 Å². The third-order valence-electron chi connectivity index (χ3n) is 2.52. The first-order valence-electron chi connectivity index (χ1n) is 5.60. The van der Waals surface area contributed by atoms with E-state index in [0.717, 1.165) is 12.4 Å². The minimum absolute atomic E-state index is 0.291. The third-order valence-corrected chi connectivity index (χ3v) is 4.94. The molecule has 2 aromatic rings. The van der Waals surface area contributed by atoms with Crippen molar-refractivity contribution in [2.24, 2.45) is 0 Å². The zero-order chi connectivity index (χ0) is 16.2. The maximum Gasteiger partial charge on any atom is 0.228 e. The van der Waals surface area contributed by atoms with Gasteiger partial charge in [-0.1, -0.05) is 11.6 Å². The van der Waals surface area contributed by atoms with Crippen LogP contribution in [0.4, 0.5) is 8.78 Å². The summed E-state index contributed by atoms with van der Waals surface area (Å²) in [4.78, 5) is 7.30. The molecule has 0 spiro atoms. The van der Waals surface area contributed by atoms with E-state index in [1.807, 2.05) is 0 Å². The SMILES string of the molecule is COc1ncc(F)c(C)c1Br.Cc1c(F)cnc(Cl)c1Br. The van der Waals surface area contributed by atoms with E-state index in [1.165, 1.54) is 7.11 Å². The molecule has 3 nitrogen and oxygen atoms in total. The lowest BCUT2D eigenvalue weighted by Crippen LogP contribution is -1.93. The molecule has 2 heterocycles. The Morgan fingerprint density at radius 2 is 1.48 bits per heavy atom. The summed E-state index contributed by atoms with van der Waals surface area (Å²) in [5.74, 6) is -0.280. The largest absolute Gasteiger partial charge is 0.480 e. The molecule has 114 valence electrons. The molecule has 2 aromatic heterocycles. The monoisotopic (exact) mass is 442 g/mol. The van der Waals surface area contributed by atoms with Gasteiger partial charge in [0.2, 0.25) is 5.88 Å². The summed E-state index contributed by atoms with van der Waals surface area (Å²) in [7, 11) is 1.49. The summed E-state index contributed by atoms with van der Waals surface area (Å²) in [5.41, 5.74) is 0.997. The van der Waals surface area contributed by atoms with Crippen LogP contribution in [0.5, 0.6) is 5.88 Å². The second-order valence-electron chi connectivity index (χ2n) is 3.89. The molecule has 0 saturated heterocycles. The minimum Gasteiger partial charge on any atom is -0.480 e. The van der Waals surface area contributed by atoms with E-state index in [0.29, 0.717) is 31.1 Å². The van der Waals surface area contributed by atoms with Crippen LogP contribution in [0.2, 0.25) is 5.15 Å². The molecule has 0 fully saturated rings. The number of hydrogen-bond acceptors (Lipinski definition) is 3. The normalized spacial score (nSPS) is 9.90. The van der Waals surface area contributed by atoms with Crippen molar-refractivity contribution in [1.82, 2.24) is 9.97 Å². The van der Waals surface area contributed by atoms with Crippen LogP contribution in [0.25, 0.3) is 0 Å². The van der Waals surface area contributed by atoms with Gasteiger partial charge in [-0.05, 0) is 45.7 Å². The van der Waals surface area contributed by atoms with Crippen LogP contribution in [-0.4, -0.2) is 17.1 Å². The number of nitrogens with zero attached hydrogens (tertiary/aromatic N) is 2. The second kappa shape index (κ2) is 8.00. The zero-order valence-electron chi connectivity index (χ0n) is 11.3. The number of hydrogen-bond donors (Lipinski definition) is 0. The van der Waals surface area contributed by atoms with Gasteiger partial charge in [-0.25, -0.2) is 18.7 Å². The van der Waals surface area contributed by atoms with Gasteiger partial charge in [-0.15, -0.1) is 0 Å². The van der Waals surface area contributed by atoms with E-state index in [1.54, 1.807) is 13.8 Å². The molecule has 2 rings (SSSR count). The van der Waals surface area contributed by atoms with Crippen molar-refractivity contribution < 1.29 is 13.5 Å². The van der Waals surface area contributed by atoms with Crippen LogP contribution in [0.15, 0.2) is 21.3 Å². The highest BCUT2D eigenvalue weighted by molar-refractivity contribution is 9.11. The zero-order valence-corrected chi connectivity index (χ0v) is 15.3. The predicted molar refractivity (Wildman–Crippen MR) is 84.8 cm³/mol. The Morgan fingerprint density at radius 3 is 1.95 bits per heavy atom. The molecular formula is C13H11Br2ClF2N2O. The summed E-state index contributed by atoms with van der Waals surface area (Å²) in [6.45, 7) is 3.29. The lowest BCUT2D eigenvalue weighted by Gasteiger charge is -2.03. The van der Waals surface area contributed by atoms with E-state index in [4.69, 9.17) is 16.3 Å². The van der Waals surface area contributed by atoms with Crippen LogP contribution in [0.3, 0.4) is 0 Å². The number of aromatic nitrogens is 2. The fraction of sp³-hybridized carbons (Fsp3) is 0.231. The lowest BCUT2D eigenvalue weighted by atomic mass is 10.3. The molecule has 0 aromatic carbocycles. The maximum absolute atomic E-state index is 12.7. The summed E-state index contributed by atoms with van der Waals surface area (Å²) in [6.07, 6.45) is 2.24. The van der Waals surface area contributed by atoms with Crippen molar-refractivity contribution >= 4 is 43.5 Å². The Labute approximate surface area is 143 Å². The smallest absolute Gasteiger partial charge is 0.228 e. The summed E-state index contributed by atoms with van der Waals surface area (Å²) in [5, 5.41) is 0.291. The van der Waals surface area contributed by atoms with Gasteiger partial charge in [0.15, 0.2) is 0 Å². The molecule has 8 heteroatoms. The molecule has 0 saturated carbocycles. The average molecular weight is 445 g/mol. The van der Waals surface area contributed by atoms with Gasteiger partial charge in [0.05, 0.1) is 28.4 Å². The Bertz CT molecular complexity index is 630. The first-order valence-corrected chi connectivity index (χ1v) is 7.56. The summed E-state index contributed by atoms with van der Waals surface area (Å²) < 4.78 is 31.3. The first kappa shape index (κ1) is 18.3. The topological polar surface area (TPSA) is 35.0 Å². The van der Waals surface area contributed by atoms with Gasteiger partial charge < -0.3 is 4.74 Å². The predicted octanol–water partition coefficient (Wildman–Crippen LogP) is 5.25. The van der Waals surface area contributed by atoms with Crippen molar-refractivity contribution in [2.75, 3.05) is 7.11 Å². The van der Waals surface area contributed by atoms with Gasteiger partial charge in [0, 0.05) is 11.1 Å². The van der Waals surface area contributed by atoms with Crippen molar-refractivity contribution in [3.63, 3.8) is 0 Å². The van der Waals surface area contributed by atoms with E-state index < -0.39 is 0 Å². The molecule has 21 heavy (non-hydrogen) atoms. The van der Waals surface area contributed by atoms with Crippen LogP contribution < -0.4 is 4.74 Å². The lowest BCUT2D eigenvalue weighted by molar-refractivity contribution is 0.392. The van der Waals surface area contributed by atoms with Gasteiger partial charge in [-0.3, -0.25) is 0 Å². The van der Waals surface area contributed by atoms with Gasteiger partial charge in [0.1, 0.15) is 16.8 Å². The van der Waals surface area contributed by atoms with Crippen molar-refractivity contribution in [3.8, 4) is 5.88 Å².